The predicted octanol–water partition coefficient (Wildman–Crippen LogP) is 5.35. The van der Waals surface area contributed by atoms with Crippen LogP contribution in [-0.2, 0) is 17.1 Å². The van der Waals surface area contributed by atoms with Gasteiger partial charge in [0.2, 0.25) is 5.91 Å². The molecule has 1 atom stereocenters. The number of carbonyl (C=O) groups excluding carboxylic acids is 1. The maximum absolute atomic E-state index is 13.1. The van der Waals surface area contributed by atoms with Crippen molar-refractivity contribution in [3.05, 3.63) is 41.5 Å². The van der Waals surface area contributed by atoms with Crippen LogP contribution in [0.2, 0.25) is 0 Å². The second kappa shape index (κ2) is 11.3. The van der Waals surface area contributed by atoms with Gasteiger partial charge in [-0.1, -0.05) is 13.5 Å². The fourth-order valence-corrected chi connectivity index (χ4v) is 3.73. The molecule has 0 spiro atoms. The van der Waals surface area contributed by atoms with E-state index < -0.39 is 23.5 Å². The van der Waals surface area contributed by atoms with E-state index in [1.54, 1.807) is 0 Å². The third-order valence-corrected chi connectivity index (χ3v) is 5.96. The number of halogens is 6. The number of benzene rings is 1. The molecule has 1 aliphatic carbocycles. The van der Waals surface area contributed by atoms with Gasteiger partial charge in [-0.2, -0.15) is 26.3 Å². The summed E-state index contributed by atoms with van der Waals surface area (Å²) in [5.74, 6) is 0.158. The molecule has 1 aromatic carbocycles. The van der Waals surface area contributed by atoms with Crippen LogP contribution in [0.15, 0.2) is 24.8 Å². The van der Waals surface area contributed by atoms with E-state index in [4.69, 9.17) is 0 Å². The SMILES string of the molecule is C=C(NCC1CCC(NCC(=O)NC(C)CC)CC1)c1cc(C(F)(F)F)cc(C(F)(F)F)c1. The molecule has 0 heterocycles. The summed E-state index contributed by atoms with van der Waals surface area (Å²) in [4.78, 5) is 11.9. The Morgan fingerprint density at radius 2 is 1.58 bits per heavy atom. The Morgan fingerprint density at radius 3 is 2.06 bits per heavy atom. The lowest BCUT2D eigenvalue weighted by Crippen LogP contribution is -2.43. The zero-order chi connectivity index (χ0) is 24.8. The molecule has 0 aromatic heterocycles. The minimum Gasteiger partial charge on any atom is -0.385 e. The lowest BCUT2D eigenvalue weighted by molar-refractivity contribution is -0.143. The molecular formula is C23H31F6N3O. The van der Waals surface area contributed by atoms with Gasteiger partial charge in [0.25, 0.3) is 0 Å². The molecule has 0 radical (unpaired) electrons. The minimum atomic E-state index is -4.90. The smallest absolute Gasteiger partial charge is 0.385 e. The molecule has 0 aliphatic heterocycles. The lowest BCUT2D eigenvalue weighted by atomic mass is 9.86. The van der Waals surface area contributed by atoms with E-state index in [2.05, 4.69) is 22.5 Å². The summed E-state index contributed by atoms with van der Waals surface area (Å²) >= 11 is 0. The monoisotopic (exact) mass is 479 g/mol. The van der Waals surface area contributed by atoms with Crippen LogP contribution in [0.4, 0.5) is 26.3 Å². The molecule has 3 N–H and O–H groups in total. The molecule has 1 aromatic rings. The molecule has 1 amide bonds. The van der Waals surface area contributed by atoms with Crippen molar-refractivity contribution < 1.29 is 31.1 Å². The molecule has 33 heavy (non-hydrogen) atoms. The van der Waals surface area contributed by atoms with Gasteiger partial charge in [0.1, 0.15) is 0 Å². The first-order valence-electron chi connectivity index (χ1n) is 11.0. The van der Waals surface area contributed by atoms with Crippen LogP contribution < -0.4 is 16.0 Å². The number of carbonyl (C=O) groups is 1. The van der Waals surface area contributed by atoms with E-state index >= 15 is 0 Å². The Kier molecular flexibility index (Phi) is 9.22. The van der Waals surface area contributed by atoms with Gasteiger partial charge in [0, 0.05) is 24.3 Å². The Bertz CT molecular complexity index is 781. The predicted molar refractivity (Wildman–Crippen MR) is 115 cm³/mol. The van der Waals surface area contributed by atoms with Crippen LogP contribution in [0.3, 0.4) is 0 Å². The van der Waals surface area contributed by atoms with Gasteiger partial charge in [-0.05, 0) is 68.7 Å². The van der Waals surface area contributed by atoms with E-state index in [0.29, 0.717) is 18.7 Å². The molecule has 4 nitrogen and oxygen atoms in total. The first-order chi connectivity index (χ1) is 15.3. The maximum atomic E-state index is 13.1. The topological polar surface area (TPSA) is 53.2 Å². The zero-order valence-electron chi connectivity index (χ0n) is 18.8. The normalized spacial score (nSPS) is 20.2. The van der Waals surface area contributed by atoms with E-state index in [1.165, 1.54) is 0 Å². The quantitative estimate of drug-likeness (QED) is 0.419. The third-order valence-electron chi connectivity index (χ3n) is 5.96. The lowest BCUT2D eigenvalue weighted by Gasteiger charge is -2.30. The number of nitrogens with one attached hydrogen (secondary N) is 3. The van der Waals surface area contributed by atoms with Crippen LogP contribution in [0.5, 0.6) is 0 Å². The number of hydrogen-bond acceptors (Lipinski definition) is 3. The summed E-state index contributed by atoms with van der Waals surface area (Å²) in [5, 5.41) is 9.04. The van der Waals surface area contributed by atoms with E-state index in [-0.39, 0.29) is 47.8 Å². The van der Waals surface area contributed by atoms with Crippen molar-refractivity contribution in [1.29, 1.82) is 0 Å². The van der Waals surface area contributed by atoms with Crippen LogP contribution in [-0.4, -0.2) is 31.1 Å². The Hall–Kier alpha value is -2.23. The van der Waals surface area contributed by atoms with Crippen LogP contribution >= 0.6 is 0 Å². The highest BCUT2D eigenvalue weighted by molar-refractivity contribution is 5.78. The second-order valence-corrected chi connectivity index (χ2v) is 8.63. The van der Waals surface area contributed by atoms with Gasteiger partial charge in [-0.15, -0.1) is 0 Å². The highest BCUT2D eigenvalue weighted by atomic mass is 19.4. The summed E-state index contributed by atoms with van der Waals surface area (Å²) in [6.45, 7) is 8.22. The molecule has 1 saturated carbocycles. The van der Waals surface area contributed by atoms with Crippen molar-refractivity contribution in [2.75, 3.05) is 13.1 Å². The van der Waals surface area contributed by atoms with Crippen molar-refractivity contribution in [2.45, 2.75) is 70.4 Å². The van der Waals surface area contributed by atoms with Crippen molar-refractivity contribution >= 4 is 11.6 Å². The molecule has 1 fully saturated rings. The number of rotatable bonds is 9. The molecule has 10 heteroatoms. The molecule has 1 aliphatic rings. The third kappa shape index (κ3) is 8.57. The Balaban J connectivity index is 1.86. The van der Waals surface area contributed by atoms with Crippen molar-refractivity contribution in [1.82, 2.24) is 16.0 Å². The molecule has 186 valence electrons. The van der Waals surface area contributed by atoms with Gasteiger partial charge in [-0.3, -0.25) is 4.79 Å². The average Bonchev–Trinajstić information content (AvgIpc) is 2.75. The fraction of sp³-hybridized carbons (Fsp3) is 0.609. The Labute approximate surface area is 190 Å². The standard InChI is InChI=1S/C23H31F6N3O/c1-4-14(2)32-21(33)13-31-20-7-5-16(6-8-20)12-30-15(3)17-9-18(22(24,25)26)11-19(10-17)23(27,28)29/h9-11,14,16,20,30-31H,3-8,12-13H2,1-2H3,(H,32,33). The summed E-state index contributed by atoms with van der Waals surface area (Å²) in [7, 11) is 0. The van der Waals surface area contributed by atoms with Crippen molar-refractivity contribution in [3.63, 3.8) is 0 Å². The molecule has 2 rings (SSSR count). The molecular weight excluding hydrogens is 448 g/mol. The highest BCUT2D eigenvalue weighted by Gasteiger charge is 2.37. The number of amides is 1. The van der Waals surface area contributed by atoms with E-state index in [0.717, 1.165) is 32.1 Å². The van der Waals surface area contributed by atoms with Crippen molar-refractivity contribution in [2.24, 2.45) is 5.92 Å². The molecule has 0 bridgehead atoms. The van der Waals surface area contributed by atoms with E-state index in [1.807, 2.05) is 13.8 Å². The first kappa shape index (κ1) is 27.0. The summed E-state index contributed by atoms with van der Waals surface area (Å²) in [5.41, 5.74) is -2.94. The first-order valence-corrected chi connectivity index (χ1v) is 11.0. The molecule has 1 unspecified atom stereocenters. The van der Waals surface area contributed by atoms with Crippen LogP contribution in [0, 0.1) is 5.92 Å². The Morgan fingerprint density at radius 1 is 1.03 bits per heavy atom. The summed E-state index contributed by atoms with van der Waals surface area (Å²) in [6.07, 6.45) is -5.63. The fourth-order valence-electron chi connectivity index (χ4n) is 3.73. The van der Waals surface area contributed by atoms with Crippen LogP contribution in [0.1, 0.15) is 62.6 Å². The average molecular weight is 480 g/mol. The molecule has 0 saturated heterocycles. The van der Waals surface area contributed by atoms with Crippen LogP contribution in [0.25, 0.3) is 5.70 Å². The van der Waals surface area contributed by atoms with Gasteiger partial charge >= 0.3 is 12.4 Å². The van der Waals surface area contributed by atoms with E-state index in [9.17, 15) is 31.1 Å². The number of alkyl halides is 6. The van der Waals surface area contributed by atoms with Crippen molar-refractivity contribution in [3.8, 4) is 0 Å². The van der Waals surface area contributed by atoms with Gasteiger partial charge in [0.15, 0.2) is 0 Å². The van der Waals surface area contributed by atoms with Gasteiger partial charge in [-0.25, -0.2) is 0 Å². The van der Waals surface area contributed by atoms with Gasteiger partial charge < -0.3 is 16.0 Å². The van der Waals surface area contributed by atoms with Gasteiger partial charge in [0.05, 0.1) is 17.7 Å². The summed E-state index contributed by atoms with van der Waals surface area (Å²) < 4.78 is 78.3. The highest BCUT2D eigenvalue weighted by Crippen LogP contribution is 2.37. The largest absolute Gasteiger partial charge is 0.416 e. The second-order valence-electron chi connectivity index (χ2n) is 8.63. The zero-order valence-corrected chi connectivity index (χ0v) is 18.8. The maximum Gasteiger partial charge on any atom is 0.416 e. The minimum absolute atomic E-state index is 0.0218. The summed E-state index contributed by atoms with van der Waals surface area (Å²) in [6, 6.07) is 1.78. The number of hydrogen-bond donors (Lipinski definition) is 3.